The molecule has 8 nitrogen and oxygen atoms in total. The van der Waals surface area contributed by atoms with E-state index in [1.54, 1.807) is 0 Å². The number of benzene rings is 2. The Morgan fingerprint density at radius 3 is 2.66 bits per heavy atom. The topological polar surface area (TPSA) is 80.0 Å². The van der Waals surface area contributed by atoms with Crippen LogP contribution in [0.5, 0.6) is 5.75 Å². The van der Waals surface area contributed by atoms with Crippen molar-refractivity contribution in [2.24, 2.45) is 16.3 Å². The van der Waals surface area contributed by atoms with Gasteiger partial charge < -0.3 is 14.2 Å². The number of fused-ring (bicyclic) bond motifs is 2. The minimum absolute atomic E-state index is 0.0964. The first-order valence-electron chi connectivity index (χ1n) is 14.7. The standard InChI is InChI=1S/C18H17FN4O2S.C15H23NOS/c1-4-5-22-13-7-12(11(19)6-14(13)25-9-16(22)24)20-17-23-10-18(2,3)8-15(23)21-26-17;1-5-16(13(4)12(2)3)15(17)18-11-14-9-7-6-8-10-14/h1,6-7H,5,8-10H2,2-3H3;6-10,12-13H,5,11H2,1-4H3/b20-17-;. The van der Waals surface area contributed by atoms with Gasteiger partial charge in [-0.2, -0.15) is 4.37 Å². The number of aromatic nitrogens is 2. The fourth-order valence-electron chi connectivity index (χ4n) is 4.99. The van der Waals surface area contributed by atoms with Gasteiger partial charge in [0.25, 0.3) is 11.1 Å². The van der Waals surface area contributed by atoms with Gasteiger partial charge >= 0.3 is 0 Å². The largest absolute Gasteiger partial charge is 0.481 e. The van der Waals surface area contributed by atoms with Gasteiger partial charge in [0.1, 0.15) is 17.3 Å². The van der Waals surface area contributed by atoms with Gasteiger partial charge in [0.15, 0.2) is 12.4 Å². The van der Waals surface area contributed by atoms with Crippen molar-refractivity contribution in [1.29, 1.82) is 0 Å². The molecular formula is C33H40FN5O3S2. The number of amides is 2. The minimum atomic E-state index is -0.515. The Bertz CT molecular complexity index is 1590. The van der Waals surface area contributed by atoms with E-state index in [-0.39, 0.29) is 35.4 Å². The molecule has 0 bridgehead atoms. The van der Waals surface area contributed by atoms with E-state index in [0.29, 0.717) is 28.2 Å². The first-order valence-corrected chi connectivity index (χ1v) is 16.5. The van der Waals surface area contributed by atoms with Crippen molar-refractivity contribution in [3.8, 4) is 18.1 Å². The van der Waals surface area contributed by atoms with Crippen molar-refractivity contribution in [3.63, 3.8) is 0 Å². The Hall–Kier alpha value is -3.62. The van der Waals surface area contributed by atoms with Crippen LogP contribution in [0.4, 0.5) is 20.6 Å². The van der Waals surface area contributed by atoms with Crippen molar-refractivity contribution in [2.45, 2.75) is 66.3 Å². The molecule has 1 atom stereocenters. The molecule has 2 amide bonds. The lowest BCUT2D eigenvalue weighted by Gasteiger charge is -2.30. The highest BCUT2D eigenvalue weighted by Gasteiger charge is 2.31. The van der Waals surface area contributed by atoms with Gasteiger partial charge in [-0.25, -0.2) is 9.38 Å². The molecule has 3 heterocycles. The van der Waals surface area contributed by atoms with Gasteiger partial charge in [-0.15, -0.1) is 6.42 Å². The number of carbonyl (C=O) groups excluding carboxylic acids is 2. The average Bonchev–Trinajstić information content (AvgIpc) is 3.50. The third-order valence-corrected chi connectivity index (χ3v) is 9.41. The summed E-state index contributed by atoms with van der Waals surface area (Å²) in [5.74, 6) is 4.16. The van der Waals surface area contributed by atoms with Crippen LogP contribution in [0.2, 0.25) is 0 Å². The van der Waals surface area contributed by atoms with Crippen LogP contribution in [0.1, 0.15) is 52.9 Å². The fraction of sp³-hybridized carbons (Fsp3) is 0.455. The molecular weight excluding hydrogens is 598 g/mol. The maximum atomic E-state index is 14.5. The molecule has 1 unspecified atom stereocenters. The number of nitrogens with zero attached hydrogens (tertiary/aromatic N) is 5. The summed E-state index contributed by atoms with van der Waals surface area (Å²) in [6.07, 6.45) is 6.22. The number of rotatable bonds is 7. The fourth-order valence-corrected chi connectivity index (χ4v) is 6.69. The van der Waals surface area contributed by atoms with Crippen molar-refractivity contribution in [1.82, 2.24) is 13.8 Å². The van der Waals surface area contributed by atoms with E-state index >= 15 is 0 Å². The summed E-state index contributed by atoms with van der Waals surface area (Å²) >= 11 is 2.64. The first-order chi connectivity index (χ1) is 20.9. The summed E-state index contributed by atoms with van der Waals surface area (Å²) in [4.78, 5) is 32.7. The van der Waals surface area contributed by atoms with Gasteiger partial charge in [0, 0.05) is 48.9 Å². The highest BCUT2D eigenvalue weighted by atomic mass is 32.2. The molecule has 2 aliphatic heterocycles. The molecule has 3 aromatic rings. The summed E-state index contributed by atoms with van der Waals surface area (Å²) in [7, 11) is 0. The second kappa shape index (κ2) is 14.4. The summed E-state index contributed by atoms with van der Waals surface area (Å²) in [6.45, 7) is 14.3. The Labute approximate surface area is 267 Å². The maximum absolute atomic E-state index is 14.5. The molecule has 0 aliphatic carbocycles. The number of halogens is 1. The summed E-state index contributed by atoms with van der Waals surface area (Å²) in [6, 6.07) is 13.2. The van der Waals surface area contributed by atoms with Crippen molar-refractivity contribution >= 4 is 45.8 Å². The van der Waals surface area contributed by atoms with Crippen molar-refractivity contribution in [3.05, 3.63) is 64.5 Å². The van der Waals surface area contributed by atoms with E-state index in [9.17, 15) is 14.0 Å². The average molecular weight is 638 g/mol. The van der Waals surface area contributed by atoms with E-state index in [1.807, 2.05) is 34.6 Å². The van der Waals surface area contributed by atoms with Crippen LogP contribution in [-0.4, -0.2) is 50.7 Å². The quantitative estimate of drug-likeness (QED) is 0.271. The molecule has 2 aromatic carbocycles. The second-order valence-electron chi connectivity index (χ2n) is 12.0. The number of ether oxygens (including phenoxy) is 1. The Morgan fingerprint density at radius 1 is 1.27 bits per heavy atom. The summed E-state index contributed by atoms with van der Waals surface area (Å²) < 4.78 is 26.3. The smallest absolute Gasteiger partial charge is 0.282 e. The first kappa shape index (κ1) is 33.3. The zero-order valence-corrected chi connectivity index (χ0v) is 27.8. The number of hydrogen-bond acceptors (Lipinski definition) is 7. The number of thioether (sulfide) groups is 1. The Morgan fingerprint density at radius 2 is 2.00 bits per heavy atom. The van der Waals surface area contributed by atoms with Gasteiger partial charge in [0.05, 0.1) is 12.2 Å². The van der Waals surface area contributed by atoms with Crippen molar-refractivity contribution in [2.75, 3.05) is 24.6 Å². The molecule has 0 N–H and O–H groups in total. The molecule has 44 heavy (non-hydrogen) atoms. The monoisotopic (exact) mass is 637 g/mol. The molecule has 11 heteroatoms. The van der Waals surface area contributed by atoms with Crippen LogP contribution in [0.25, 0.3) is 0 Å². The van der Waals surface area contributed by atoms with Crippen LogP contribution in [0.3, 0.4) is 0 Å². The number of anilines is 1. The van der Waals surface area contributed by atoms with E-state index in [2.05, 4.69) is 62.0 Å². The lowest BCUT2D eigenvalue weighted by atomic mass is 9.92. The van der Waals surface area contributed by atoms with Gasteiger partial charge in [-0.3, -0.25) is 14.5 Å². The highest BCUT2D eigenvalue weighted by molar-refractivity contribution is 8.12. The predicted molar refractivity (Wildman–Crippen MR) is 176 cm³/mol. The lowest BCUT2D eigenvalue weighted by Crippen LogP contribution is -2.39. The molecule has 5 rings (SSSR count). The normalized spacial score (nSPS) is 15.9. The maximum Gasteiger partial charge on any atom is 0.282 e. The highest BCUT2D eigenvalue weighted by Crippen LogP contribution is 2.37. The summed E-state index contributed by atoms with van der Waals surface area (Å²) in [5.41, 5.74) is 1.88. The molecule has 234 valence electrons. The Balaban J connectivity index is 0.000000217. The zero-order valence-electron chi connectivity index (χ0n) is 26.2. The van der Waals surface area contributed by atoms with Crippen LogP contribution in [-0.2, 0) is 23.5 Å². The molecule has 2 aliphatic rings. The number of terminal acetylenes is 1. The third kappa shape index (κ3) is 7.90. The molecule has 0 radical (unpaired) electrons. The van der Waals surface area contributed by atoms with E-state index in [1.165, 1.54) is 45.9 Å². The number of carbonyl (C=O) groups is 2. The third-order valence-electron chi connectivity index (χ3n) is 7.67. The van der Waals surface area contributed by atoms with E-state index < -0.39 is 5.82 Å². The van der Waals surface area contributed by atoms with Crippen LogP contribution in [0, 0.1) is 29.5 Å². The van der Waals surface area contributed by atoms with Crippen LogP contribution >= 0.6 is 23.3 Å². The van der Waals surface area contributed by atoms with Crippen LogP contribution in [0.15, 0.2) is 47.5 Å². The minimum Gasteiger partial charge on any atom is -0.481 e. The molecule has 0 saturated heterocycles. The predicted octanol–water partition coefficient (Wildman–Crippen LogP) is 6.66. The second-order valence-corrected chi connectivity index (χ2v) is 13.6. The number of hydrogen-bond donors (Lipinski definition) is 0. The zero-order chi connectivity index (χ0) is 32.0. The van der Waals surface area contributed by atoms with E-state index in [0.717, 1.165) is 31.1 Å². The van der Waals surface area contributed by atoms with Gasteiger partial charge in [0.2, 0.25) is 4.80 Å². The van der Waals surface area contributed by atoms with E-state index in [4.69, 9.17) is 11.2 Å². The lowest BCUT2D eigenvalue weighted by molar-refractivity contribution is -0.121. The molecule has 0 spiro atoms. The Kier molecular flexibility index (Phi) is 10.9. The van der Waals surface area contributed by atoms with Crippen molar-refractivity contribution < 1.29 is 18.7 Å². The van der Waals surface area contributed by atoms with Gasteiger partial charge in [-0.1, -0.05) is 75.7 Å². The SMILES string of the molecule is C#CCN1C(=O)COc2cc(F)c(/N=c3\snc4n3CC(C)(C)C4)cc21.CCN(C(=O)SCc1ccccc1)C(C)C(C)C. The molecule has 1 aromatic heterocycles. The van der Waals surface area contributed by atoms with Crippen LogP contribution < -0.4 is 14.4 Å². The summed E-state index contributed by atoms with van der Waals surface area (Å²) in [5, 5.41) is 0.183. The van der Waals surface area contributed by atoms with Gasteiger partial charge in [-0.05, 0) is 36.8 Å². The molecule has 0 fully saturated rings. The molecule has 0 saturated carbocycles.